The molecule has 0 aromatic heterocycles. The summed E-state index contributed by atoms with van der Waals surface area (Å²) in [6, 6.07) is 0. The first kappa shape index (κ1) is 10.5. The standard InChI is InChI=1S/C5H10O5P/c1-3-9-11(7)10-4-5(6)8-2/h3-4H2,1-2H3/q+1. The van der Waals surface area contributed by atoms with E-state index in [4.69, 9.17) is 0 Å². The minimum absolute atomic E-state index is 0.288. The number of carbonyl (C=O) groups excluding carboxylic acids is 1. The molecule has 0 saturated heterocycles. The van der Waals surface area contributed by atoms with Gasteiger partial charge in [0, 0.05) is 4.57 Å². The molecule has 0 aliphatic rings. The van der Waals surface area contributed by atoms with Crippen molar-refractivity contribution in [1.82, 2.24) is 0 Å². The van der Waals surface area contributed by atoms with Crippen molar-refractivity contribution in [3.8, 4) is 0 Å². The lowest BCUT2D eigenvalue weighted by molar-refractivity contribution is -0.143. The molecule has 6 heteroatoms. The van der Waals surface area contributed by atoms with Crippen LogP contribution in [0.15, 0.2) is 0 Å². The molecule has 1 unspecified atom stereocenters. The van der Waals surface area contributed by atoms with E-state index in [9.17, 15) is 9.36 Å². The number of esters is 1. The van der Waals surface area contributed by atoms with Crippen LogP contribution in [-0.4, -0.2) is 26.3 Å². The molecule has 0 aromatic carbocycles. The highest BCUT2D eigenvalue weighted by Gasteiger charge is 2.20. The molecular weight excluding hydrogens is 171 g/mol. The second-order valence-corrected chi connectivity index (χ2v) is 2.45. The maximum absolute atomic E-state index is 10.6. The van der Waals surface area contributed by atoms with Gasteiger partial charge >= 0.3 is 14.2 Å². The highest BCUT2D eigenvalue weighted by atomic mass is 31.1. The Hall–Kier alpha value is -0.510. The van der Waals surface area contributed by atoms with Gasteiger partial charge < -0.3 is 4.74 Å². The second-order valence-electron chi connectivity index (χ2n) is 1.49. The first-order valence-corrected chi connectivity index (χ1v) is 4.10. The highest BCUT2D eigenvalue weighted by Crippen LogP contribution is 2.22. The average Bonchev–Trinajstić information content (AvgIpc) is 2.01. The Bertz CT molecular complexity index is 146. The van der Waals surface area contributed by atoms with Gasteiger partial charge in [-0.3, -0.25) is 0 Å². The van der Waals surface area contributed by atoms with Crippen molar-refractivity contribution in [2.75, 3.05) is 20.3 Å². The zero-order chi connectivity index (χ0) is 8.69. The van der Waals surface area contributed by atoms with Crippen LogP contribution in [0.25, 0.3) is 0 Å². The molecule has 0 rings (SSSR count). The van der Waals surface area contributed by atoms with Crippen LogP contribution in [0, 0.1) is 0 Å². The first-order chi connectivity index (χ1) is 5.20. The van der Waals surface area contributed by atoms with E-state index in [1.165, 1.54) is 7.11 Å². The van der Waals surface area contributed by atoms with Gasteiger partial charge in [0.05, 0.1) is 7.11 Å². The summed E-state index contributed by atoms with van der Waals surface area (Å²) in [7, 11) is -0.948. The Morgan fingerprint density at radius 1 is 1.45 bits per heavy atom. The van der Waals surface area contributed by atoms with Crippen LogP contribution < -0.4 is 0 Å². The Labute approximate surface area is 65.6 Å². The van der Waals surface area contributed by atoms with Crippen LogP contribution >= 0.6 is 8.25 Å². The number of carbonyl (C=O) groups is 1. The first-order valence-electron chi connectivity index (χ1n) is 3.00. The van der Waals surface area contributed by atoms with Crippen molar-refractivity contribution in [1.29, 1.82) is 0 Å². The SMILES string of the molecule is CCO[P+](=O)OCC(=O)OC. The van der Waals surface area contributed by atoms with E-state index >= 15 is 0 Å². The molecule has 1 atom stereocenters. The summed E-state index contributed by atoms with van der Waals surface area (Å²) >= 11 is 0. The molecule has 0 spiro atoms. The van der Waals surface area contributed by atoms with Crippen molar-refractivity contribution in [3.63, 3.8) is 0 Å². The minimum Gasteiger partial charge on any atom is -0.467 e. The number of rotatable bonds is 5. The van der Waals surface area contributed by atoms with Gasteiger partial charge in [-0.05, 0) is 6.92 Å². The van der Waals surface area contributed by atoms with Gasteiger partial charge in [-0.2, -0.15) is 0 Å². The van der Waals surface area contributed by atoms with E-state index in [0.717, 1.165) is 0 Å². The minimum atomic E-state index is -2.17. The number of hydrogen-bond acceptors (Lipinski definition) is 5. The third-order valence-electron chi connectivity index (χ3n) is 0.750. The van der Waals surface area contributed by atoms with Crippen LogP contribution in [0.2, 0.25) is 0 Å². The fraction of sp³-hybridized carbons (Fsp3) is 0.800. The molecule has 0 amide bonds. The van der Waals surface area contributed by atoms with E-state index in [-0.39, 0.29) is 13.2 Å². The van der Waals surface area contributed by atoms with Crippen LogP contribution in [0.1, 0.15) is 6.92 Å². The number of ether oxygens (including phenoxy) is 1. The van der Waals surface area contributed by atoms with Crippen molar-refractivity contribution >= 4 is 14.2 Å². The Kier molecular flexibility index (Phi) is 5.93. The fourth-order valence-electron chi connectivity index (χ4n) is 0.307. The van der Waals surface area contributed by atoms with Crippen LogP contribution in [0.5, 0.6) is 0 Å². The zero-order valence-corrected chi connectivity index (χ0v) is 7.30. The monoisotopic (exact) mass is 181 g/mol. The highest BCUT2D eigenvalue weighted by molar-refractivity contribution is 7.33. The summed E-state index contributed by atoms with van der Waals surface area (Å²) in [6.45, 7) is 1.62. The molecule has 5 nitrogen and oxygen atoms in total. The van der Waals surface area contributed by atoms with Crippen LogP contribution in [0.3, 0.4) is 0 Å². The van der Waals surface area contributed by atoms with E-state index in [2.05, 4.69) is 13.8 Å². The van der Waals surface area contributed by atoms with Gasteiger partial charge in [-0.15, -0.1) is 9.05 Å². The summed E-state index contributed by atoms with van der Waals surface area (Å²) in [5.74, 6) is -0.576. The lowest BCUT2D eigenvalue weighted by Gasteiger charge is -1.90. The van der Waals surface area contributed by atoms with Gasteiger partial charge in [-0.1, -0.05) is 0 Å². The predicted octanol–water partition coefficient (Wildman–Crippen LogP) is 0.870. The molecule has 0 fully saturated rings. The molecule has 0 radical (unpaired) electrons. The van der Waals surface area contributed by atoms with Gasteiger partial charge in [0.25, 0.3) is 0 Å². The third-order valence-corrected chi connectivity index (χ3v) is 1.56. The van der Waals surface area contributed by atoms with Gasteiger partial charge in [0.15, 0.2) is 0 Å². The van der Waals surface area contributed by atoms with E-state index in [1.807, 2.05) is 0 Å². The molecule has 11 heavy (non-hydrogen) atoms. The molecule has 0 aromatic rings. The fourth-order valence-corrected chi connectivity index (χ4v) is 0.803. The summed E-state index contributed by atoms with van der Waals surface area (Å²) in [5.41, 5.74) is 0. The topological polar surface area (TPSA) is 61.8 Å². The summed E-state index contributed by atoms with van der Waals surface area (Å²) < 4.78 is 23.8. The van der Waals surface area contributed by atoms with Crippen molar-refractivity contribution in [2.45, 2.75) is 6.92 Å². The maximum atomic E-state index is 10.6. The van der Waals surface area contributed by atoms with Crippen LogP contribution in [-0.2, 0) is 23.1 Å². The average molecular weight is 181 g/mol. The molecule has 64 valence electrons. The van der Waals surface area contributed by atoms with E-state index in [0.29, 0.717) is 0 Å². The molecule has 0 saturated carbocycles. The molecule has 0 N–H and O–H groups in total. The summed E-state index contributed by atoms with van der Waals surface area (Å²) in [4.78, 5) is 10.4. The van der Waals surface area contributed by atoms with E-state index < -0.39 is 14.2 Å². The van der Waals surface area contributed by atoms with Crippen LogP contribution in [0.4, 0.5) is 0 Å². The van der Waals surface area contributed by atoms with Gasteiger partial charge in [-0.25, -0.2) is 4.79 Å². The van der Waals surface area contributed by atoms with E-state index in [1.54, 1.807) is 6.92 Å². The lowest BCUT2D eigenvalue weighted by atomic mass is 10.8. The Morgan fingerprint density at radius 2 is 2.09 bits per heavy atom. The molecule has 0 heterocycles. The van der Waals surface area contributed by atoms with Crippen molar-refractivity contribution < 1.29 is 23.1 Å². The summed E-state index contributed by atoms with van der Waals surface area (Å²) in [6.07, 6.45) is 0. The Morgan fingerprint density at radius 3 is 2.55 bits per heavy atom. The quantitative estimate of drug-likeness (QED) is 0.465. The summed E-state index contributed by atoms with van der Waals surface area (Å²) in [5, 5.41) is 0. The molecule has 0 bridgehead atoms. The molecule has 0 aliphatic heterocycles. The van der Waals surface area contributed by atoms with Gasteiger partial charge in [0.2, 0.25) is 6.61 Å². The largest absolute Gasteiger partial charge is 0.697 e. The van der Waals surface area contributed by atoms with Gasteiger partial charge in [0.1, 0.15) is 6.61 Å². The maximum Gasteiger partial charge on any atom is 0.697 e. The number of hydrogen-bond donors (Lipinski definition) is 0. The van der Waals surface area contributed by atoms with Crippen molar-refractivity contribution in [3.05, 3.63) is 0 Å². The normalized spacial score (nSPS) is 10.9. The lowest BCUT2D eigenvalue weighted by Crippen LogP contribution is -2.07. The molecule has 0 aliphatic carbocycles. The third kappa shape index (κ3) is 5.91. The Balaban J connectivity index is 3.38. The smallest absolute Gasteiger partial charge is 0.467 e. The zero-order valence-electron chi connectivity index (χ0n) is 6.40. The number of methoxy groups -OCH3 is 1. The second kappa shape index (κ2) is 6.22. The van der Waals surface area contributed by atoms with Crippen molar-refractivity contribution in [2.24, 2.45) is 0 Å². The molecular formula is C5H10O5P+. The predicted molar refractivity (Wildman–Crippen MR) is 37.2 cm³/mol.